The molecule has 1 heterocycles. The number of carbonyl (C=O) groups excluding carboxylic acids is 1. The van der Waals surface area contributed by atoms with Gasteiger partial charge < -0.3 is 14.8 Å². The van der Waals surface area contributed by atoms with Gasteiger partial charge in [-0.15, -0.1) is 0 Å². The SMILES string of the molecule is CCc1occc1C(=O)Nc1ccc(O)cc1F. The summed E-state index contributed by atoms with van der Waals surface area (Å²) in [5.41, 5.74) is 0.394. The average molecular weight is 249 g/mol. The van der Waals surface area contributed by atoms with E-state index < -0.39 is 11.7 Å². The number of hydrogen-bond donors (Lipinski definition) is 2. The van der Waals surface area contributed by atoms with Gasteiger partial charge in [-0.25, -0.2) is 4.39 Å². The van der Waals surface area contributed by atoms with Crippen LogP contribution in [0.4, 0.5) is 10.1 Å². The molecule has 2 aromatic rings. The standard InChI is InChI=1S/C13H12FNO3/c1-2-12-9(5-6-18-12)13(17)15-11-4-3-8(16)7-10(11)14/h3-7,16H,2H2,1H3,(H,15,17). The third-order valence-electron chi connectivity index (χ3n) is 2.51. The van der Waals surface area contributed by atoms with Gasteiger partial charge in [-0.3, -0.25) is 4.79 Å². The van der Waals surface area contributed by atoms with Crippen LogP contribution in [0.3, 0.4) is 0 Å². The lowest BCUT2D eigenvalue weighted by atomic mass is 10.2. The predicted octanol–water partition coefficient (Wildman–Crippen LogP) is 2.94. The molecule has 0 aliphatic rings. The second-order valence-corrected chi connectivity index (χ2v) is 3.73. The Morgan fingerprint density at radius 1 is 1.44 bits per heavy atom. The lowest BCUT2D eigenvalue weighted by Crippen LogP contribution is -2.13. The molecule has 1 amide bonds. The molecule has 0 aliphatic carbocycles. The molecule has 0 unspecified atom stereocenters. The quantitative estimate of drug-likeness (QED) is 0.822. The average Bonchev–Trinajstić information content (AvgIpc) is 2.81. The number of furan rings is 1. The molecular weight excluding hydrogens is 237 g/mol. The molecular formula is C13H12FNO3. The van der Waals surface area contributed by atoms with Crippen LogP contribution in [0.15, 0.2) is 34.9 Å². The number of aromatic hydroxyl groups is 1. The minimum atomic E-state index is -0.690. The first kappa shape index (κ1) is 12.2. The molecule has 0 aliphatic heterocycles. The molecule has 0 radical (unpaired) electrons. The van der Waals surface area contributed by atoms with Gasteiger partial charge >= 0.3 is 0 Å². The first-order valence-corrected chi connectivity index (χ1v) is 5.48. The zero-order valence-electron chi connectivity index (χ0n) is 9.74. The van der Waals surface area contributed by atoms with E-state index in [0.29, 0.717) is 17.7 Å². The number of aryl methyl sites for hydroxylation is 1. The Hall–Kier alpha value is -2.30. The van der Waals surface area contributed by atoms with Gasteiger partial charge in [0.1, 0.15) is 17.3 Å². The van der Waals surface area contributed by atoms with E-state index in [4.69, 9.17) is 9.52 Å². The number of phenolic OH excluding ortho intramolecular Hbond substituents is 1. The maximum atomic E-state index is 13.4. The molecule has 0 saturated carbocycles. The Morgan fingerprint density at radius 2 is 2.22 bits per heavy atom. The van der Waals surface area contributed by atoms with Crippen molar-refractivity contribution in [3.63, 3.8) is 0 Å². The van der Waals surface area contributed by atoms with Crippen molar-refractivity contribution in [2.75, 3.05) is 5.32 Å². The number of rotatable bonds is 3. The highest BCUT2D eigenvalue weighted by Crippen LogP contribution is 2.21. The summed E-state index contributed by atoms with van der Waals surface area (Å²) < 4.78 is 18.6. The maximum Gasteiger partial charge on any atom is 0.259 e. The van der Waals surface area contributed by atoms with Crippen LogP contribution in [0.2, 0.25) is 0 Å². The number of hydrogen-bond acceptors (Lipinski definition) is 3. The molecule has 0 bridgehead atoms. The number of amides is 1. The third kappa shape index (κ3) is 2.34. The van der Waals surface area contributed by atoms with Crippen molar-refractivity contribution < 1.29 is 18.7 Å². The van der Waals surface area contributed by atoms with Gasteiger partial charge in [0.15, 0.2) is 0 Å². The van der Waals surface area contributed by atoms with Crippen LogP contribution in [0.25, 0.3) is 0 Å². The summed E-state index contributed by atoms with van der Waals surface area (Å²) in [6.45, 7) is 1.86. The molecule has 0 spiro atoms. The monoisotopic (exact) mass is 249 g/mol. The highest BCUT2D eigenvalue weighted by Gasteiger charge is 2.15. The lowest BCUT2D eigenvalue weighted by molar-refractivity contribution is 0.102. The van der Waals surface area contributed by atoms with Gasteiger partial charge in [-0.05, 0) is 18.2 Å². The van der Waals surface area contributed by atoms with Crippen molar-refractivity contribution in [3.05, 3.63) is 47.7 Å². The van der Waals surface area contributed by atoms with E-state index in [2.05, 4.69) is 5.32 Å². The van der Waals surface area contributed by atoms with Crippen LogP contribution >= 0.6 is 0 Å². The van der Waals surface area contributed by atoms with E-state index in [1.807, 2.05) is 6.92 Å². The molecule has 1 aromatic carbocycles. The maximum absolute atomic E-state index is 13.4. The number of benzene rings is 1. The number of carbonyl (C=O) groups is 1. The van der Waals surface area contributed by atoms with Crippen molar-refractivity contribution in [1.82, 2.24) is 0 Å². The van der Waals surface area contributed by atoms with Crippen LogP contribution < -0.4 is 5.32 Å². The summed E-state index contributed by atoms with van der Waals surface area (Å²) >= 11 is 0. The summed E-state index contributed by atoms with van der Waals surface area (Å²) in [5, 5.41) is 11.5. The smallest absolute Gasteiger partial charge is 0.259 e. The lowest BCUT2D eigenvalue weighted by Gasteiger charge is -2.06. The van der Waals surface area contributed by atoms with Crippen molar-refractivity contribution >= 4 is 11.6 Å². The first-order valence-electron chi connectivity index (χ1n) is 5.48. The number of phenols is 1. The van der Waals surface area contributed by atoms with E-state index in [0.717, 1.165) is 6.07 Å². The molecule has 18 heavy (non-hydrogen) atoms. The third-order valence-corrected chi connectivity index (χ3v) is 2.51. The van der Waals surface area contributed by atoms with Gasteiger partial charge in [0.05, 0.1) is 17.5 Å². The normalized spacial score (nSPS) is 10.3. The van der Waals surface area contributed by atoms with E-state index in [1.54, 1.807) is 0 Å². The van der Waals surface area contributed by atoms with Crippen molar-refractivity contribution in [2.24, 2.45) is 0 Å². The summed E-state index contributed by atoms with van der Waals surface area (Å²) in [4.78, 5) is 11.9. The Labute approximate surface area is 103 Å². The summed E-state index contributed by atoms with van der Waals surface area (Å²) in [6, 6.07) is 5.07. The predicted molar refractivity (Wildman–Crippen MR) is 64.1 cm³/mol. The highest BCUT2D eigenvalue weighted by molar-refractivity contribution is 6.05. The molecule has 94 valence electrons. The fraction of sp³-hybridized carbons (Fsp3) is 0.154. The van der Waals surface area contributed by atoms with E-state index in [9.17, 15) is 9.18 Å². The summed E-state index contributed by atoms with van der Waals surface area (Å²) in [7, 11) is 0. The van der Waals surface area contributed by atoms with Gasteiger partial charge in [-0.1, -0.05) is 6.92 Å². The minimum Gasteiger partial charge on any atom is -0.508 e. The van der Waals surface area contributed by atoms with Crippen LogP contribution in [0, 0.1) is 5.82 Å². The highest BCUT2D eigenvalue weighted by atomic mass is 19.1. The molecule has 4 nitrogen and oxygen atoms in total. The molecule has 0 atom stereocenters. The fourth-order valence-electron chi connectivity index (χ4n) is 1.61. The Balaban J connectivity index is 2.21. The largest absolute Gasteiger partial charge is 0.508 e. The first-order chi connectivity index (χ1) is 8.61. The van der Waals surface area contributed by atoms with Crippen molar-refractivity contribution in [2.45, 2.75) is 13.3 Å². The number of nitrogens with one attached hydrogen (secondary N) is 1. The van der Waals surface area contributed by atoms with Crippen molar-refractivity contribution in [3.8, 4) is 5.75 Å². The Kier molecular flexibility index (Phi) is 3.32. The molecule has 0 saturated heterocycles. The number of halogens is 1. The molecule has 2 rings (SSSR count). The molecule has 5 heteroatoms. The zero-order chi connectivity index (χ0) is 13.1. The Bertz CT molecular complexity index is 577. The van der Waals surface area contributed by atoms with Crippen LogP contribution in [-0.4, -0.2) is 11.0 Å². The summed E-state index contributed by atoms with van der Waals surface area (Å²) in [5.74, 6) is -0.773. The van der Waals surface area contributed by atoms with Gasteiger partial charge in [0.2, 0.25) is 0 Å². The van der Waals surface area contributed by atoms with Gasteiger partial charge in [0, 0.05) is 12.5 Å². The topological polar surface area (TPSA) is 62.5 Å². The number of anilines is 1. The van der Waals surface area contributed by atoms with Crippen LogP contribution in [0.1, 0.15) is 23.0 Å². The van der Waals surface area contributed by atoms with Gasteiger partial charge in [0.25, 0.3) is 5.91 Å². The van der Waals surface area contributed by atoms with E-state index >= 15 is 0 Å². The Morgan fingerprint density at radius 3 is 2.89 bits per heavy atom. The van der Waals surface area contributed by atoms with Crippen LogP contribution in [0.5, 0.6) is 5.75 Å². The minimum absolute atomic E-state index is 0.0149. The second kappa shape index (κ2) is 4.91. The molecule has 2 N–H and O–H groups in total. The fourth-order valence-corrected chi connectivity index (χ4v) is 1.61. The van der Waals surface area contributed by atoms with Gasteiger partial charge in [-0.2, -0.15) is 0 Å². The summed E-state index contributed by atoms with van der Waals surface area (Å²) in [6.07, 6.45) is 1.99. The molecule has 1 aromatic heterocycles. The molecule has 0 fully saturated rings. The second-order valence-electron chi connectivity index (χ2n) is 3.73. The van der Waals surface area contributed by atoms with Crippen molar-refractivity contribution in [1.29, 1.82) is 0 Å². The van der Waals surface area contributed by atoms with E-state index in [-0.39, 0.29) is 11.4 Å². The zero-order valence-corrected chi connectivity index (χ0v) is 9.74. The van der Waals surface area contributed by atoms with E-state index in [1.165, 1.54) is 24.5 Å². The van der Waals surface area contributed by atoms with Crippen LogP contribution in [-0.2, 0) is 6.42 Å².